The number of nitrogens with zero attached hydrogens (tertiary/aromatic N) is 1. The first kappa shape index (κ1) is 15.2. The van der Waals surface area contributed by atoms with Gasteiger partial charge in [-0.2, -0.15) is 5.10 Å². The number of carbonyl (C=O) groups is 1. The predicted molar refractivity (Wildman–Crippen MR) is 79.5 cm³/mol. The van der Waals surface area contributed by atoms with Gasteiger partial charge in [0, 0.05) is 5.56 Å². The molecule has 2 aromatic carbocycles. The molecule has 2 aromatic rings. The lowest BCUT2D eigenvalue weighted by Gasteiger charge is -2.06. The summed E-state index contributed by atoms with van der Waals surface area (Å²) >= 11 is 0. The van der Waals surface area contributed by atoms with Gasteiger partial charge in [-0.25, -0.2) is 5.43 Å². The Morgan fingerprint density at radius 2 is 1.82 bits per heavy atom. The second-order valence-electron chi connectivity index (χ2n) is 4.31. The molecule has 0 aliphatic rings. The van der Waals surface area contributed by atoms with E-state index in [4.69, 9.17) is 4.74 Å². The van der Waals surface area contributed by atoms with Crippen LogP contribution in [-0.4, -0.2) is 34.6 Å². The van der Waals surface area contributed by atoms with Crippen molar-refractivity contribution in [3.05, 3.63) is 47.5 Å². The summed E-state index contributed by atoms with van der Waals surface area (Å²) in [6.07, 6.45) is 1.21. The van der Waals surface area contributed by atoms with E-state index in [1.165, 1.54) is 25.5 Å². The van der Waals surface area contributed by atoms with Gasteiger partial charge in [-0.05, 0) is 24.3 Å². The average molecular weight is 302 g/mol. The molecule has 7 heteroatoms. The Morgan fingerprint density at radius 3 is 2.45 bits per heavy atom. The van der Waals surface area contributed by atoms with Crippen molar-refractivity contribution in [1.82, 2.24) is 5.43 Å². The van der Waals surface area contributed by atoms with Gasteiger partial charge in [-0.15, -0.1) is 0 Å². The summed E-state index contributed by atoms with van der Waals surface area (Å²) in [5.74, 6) is -1.65. The summed E-state index contributed by atoms with van der Waals surface area (Å²) < 4.78 is 5.07. The van der Waals surface area contributed by atoms with E-state index in [9.17, 15) is 20.1 Å². The van der Waals surface area contributed by atoms with E-state index in [2.05, 4.69) is 10.5 Å². The van der Waals surface area contributed by atoms with Gasteiger partial charge >= 0.3 is 0 Å². The molecule has 7 nitrogen and oxygen atoms in total. The number of hydrazone groups is 1. The molecular formula is C15H14N2O5. The lowest BCUT2D eigenvalue weighted by molar-refractivity contribution is 0.0952. The molecule has 22 heavy (non-hydrogen) atoms. The number of ether oxygens (including phenoxy) is 1. The third-order valence-electron chi connectivity index (χ3n) is 2.82. The van der Waals surface area contributed by atoms with Crippen LogP contribution in [0, 0.1) is 0 Å². The Balaban J connectivity index is 2.11. The summed E-state index contributed by atoms with van der Waals surface area (Å²) in [7, 11) is 1.46. The molecule has 0 fully saturated rings. The maximum atomic E-state index is 12.0. The number of amides is 1. The number of benzene rings is 2. The normalized spacial score (nSPS) is 10.6. The van der Waals surface area contributed by atoms with Crippen molar-refractivity contribution < 1.29 is 24.9 Å². The largest absolute Gasteiger partial charge is 0.504 e. The zero-order valence-corrected chi connectivity index (χ0v) is 11.6. The first-order valence-electron chi connectivity index (χ1n) is 6.24. The summed E-state index contributed by atoms with van der Waals surface area (Å²) in [4.78, 5) is 12.0. The van der Waals surface area contributed by atoms with Crippen molar-refractivity contribution >= 4 is 12.1 Å². The molecule has 0 heterocycles. The van der Waals surface area contributed by atoms with Gasteiger partial charge in [0.15, 0.2) is 17.2 Å². The number of nitrogens with one attached hydrogen (secondary N) is 1. The van der Waals surface area contributed by atoms with Crippen molar-refractivity contribution in [1.29, 1.82) is 0 Å². The number of para-hydroxylation sites is 1. The van der Waals surface area contributed by atoms with Gasteiger partial charge in [-0.1, -0.05) is 12.1 Å². The van der Waals surface area contributed by atoms with Crippen molar-refractivity contribution in [3.63, 3.8) is 0 Å². The van der Waals surface area contributed by atoms with Crippen LogP contribution >= 0.6 is 0 Å². The fraction of sp³-hybridized carbons (Fsp3) is 0.0667. The van der Waals surface area contributed by atoms with E-state index in [0.29, 0.717) is 16.9 Å². The third kappa shape index (κ3) is 3.26. The third-order valence-corrected chi connectivity index (χ3v) is 2.82. The standard InChI is InChI=1S/C15H14N2O5/c1-22-13-5-3-2-4-10(13)15(21)17-16-8-9-6-11(18)14(20)12(19)7-9/h2-8,18-20H,1H3,(H,17,21)/b16-8+. The fourth-order valence-electron chi connectivity index (χ4n) is 1.76. The van der Waals surface area contributed by atoms with Gasteiger partial charge < -0.3 is 20.1 Å². The zero-order chi connectivity index (χ0) is 16.1. The number of rotatable bonds is 4. The van der Waals surface area contributed by atoms with Gasteiger partial charge in [0.1, 0.15) is 5.75 Å². The Kier molecular flexibility index (Phi) is 4.47. The van der Waals surface area contributed by atoms with Crippen molar-refractivity contribution in [2.45, 2.75) is 0 Å². The van der Waals surface area contributed by atoms with E-state index in [-0.39, 0.29) is 0 Å². The molecule has 0 aliphatic heterocycles. The fourth-order valence-corrected chi connectivity index (χ4v) is 1.76. The van der Waals surface area contributed by atoms with Crippen LogP contribution < -0.4 is 10.2 Å². The van der Waals surface area contributed by atoms with E-state index in [1.54, 1.807) is 24.3 Å². The van der Waals surface area contributed by atoms with Crippen molar-refractivity contribution in [2.75, 3.05) is 7.11 Å². The molecule has 4 N–H and O–H groups in total. The van der Waals surface area contributed by atoms with E-state index < -0.39 is 23.2 Å². The van der Waals surface area contributed by atoms with E-state index in [0.717, 1.165) is 0 Å². The van der Waals surface area contributed by atoms with Crippen LogP contribution in [0.3, 0.4) is 0 Å². The molecule has 0 saturated carbocycles. The average Bonchev–Trinajstić information content (AvgIpc) is 2.52. The van der Waals surface area contributed by atoms with Crippen molar-refractivity contribution in [2.24, 2.45) is 5.10 Å². The molecule has 0 spiro atoms. The monoisotopic (exact) mass is 302 g/mol. The summed E-state index contributed by atoms with van der Waals surface area (Å²) in [6.45, 7) is 0. The Hall–Kier alpha value is -3.22. The summed E-state index contributed by atoms with van der Waals surface area (Å²) in [5, 5.41) is 31.7. The van der Waals surface area contributed by atoms with Crippen LogP contribution in [-0.2, 0) is 0 Å². The highest BCUT2D eigenvalue weighted by Crippen LogP contribution is 2.34. The van der Waals surface area contributed by atoms with E-state index in [1.807, 2.05) is 0 Å². The van der Waals surface area contributed by atoms with Crippen LogP contribution in [0.1, 0.15) is 15.9 Å². The molecule has 0 saturated heterocycles. The Bertz CT molecular complexity index is 705. The molecule has 0 atom stereocenters. The second kappa shape index (κ2) is 6.49. The minimum atomic E-state index is -0.616. The maximum absolute atomic E-state index is 12.0. The van der Waals surface area contributed by atoms with Crippen LogP contribution in [0.5, 0.6) is 23.0 Å². The Morgan fingerprint density at radius 1 is 1.18 bits per heavy atom. The highest BCUT2D eigenvalue weighted by Gasteiger charge is 2.10. The number of methoxy groups -OCH3 is 1. The van der Waals surface area contributed by atoms with Gasteiger partial charge in [0.05, 0.1) is 18.9 Å². The number of hydrogen-bond donors (Lipinski definition) is 4. The smallest absolute Gasteiger partial charge is 0.275 e. The van der Waals surface area contributed by atoms with Crippen molar-refractivity contribution in [3.8, 4) is 23.0 Å². The second-order valence-corrected chi connectivity index (χ2v) is 4.31. The van der Waals surface area contributed by atoms with Gasteiger partial charge in [0.2, 0.25) is 0 Å². The number of phenolic OH excluding ortho intramolecular Hbond substituents is 3. The number of carbonyl (C=O) groups excluding carboxylic acids is 1. The molecule has 114 valence electrons. The molecule has 0 aliphatic carbocycles. The topological polar surface area (TPSA) is 111 Å². The molecule has 0 aromatic heterocycles. The van der Waals surface area contributed by atoms with Crippen LogP contribution in [0.2, 0.25) is 0 Å². The molecule has 0 radical (unpaired) electrons. The molecule has 0 unspecified atom stereocenters. The molecule has 1 amide bonds. The summed E-state index contributed by atoms with van der Waals surface area (Å²) in [6, 6.07) is 9.04. The predicted octanol–water partition coefficient (Wildman–Crippen LogP) is 1.58. The summed E-state index contributed by atoms with van der Waals surface area (Å²) in [5.41, 5.74) is 2.92. The highest BCUT2D eigenvalue weighted by atomic mass is 16.5. The molecule has 2 rings (SSSR count). The number of aromatic hydroxyl groups is 3. The zero-order valence-electron chi connectivity index (χ0n) is 11.6. The number of hydrogen-bond acceptors (Lipinski definition) is 6. The lowest BCUT2D eigenvalue weighted by atomic mass is 10.2. The minimum absolute atomic E-state index is 0.299. The van der Waals surface area contributed by atoms with Gasteiger partial charge in [0.25, 0.3) is 5.91 Å². The lowest BCUT2D eigenvalue weighted by Crippen LogP contribution is -2.18. The van der Waals surface area contributed by atoms with Crippen LogP contribution in [0.25, 0.3) is 0 Å². The maximum Gasteiger partial charge on any atom is 0.275 e. The first-order chi connectivity index (χ1) is 10.5. The Labute approximate surface area is 126 Å². The van der Waals surface area contributed by atoms with Crippen LogP contribution in [0.15, 0.2) is 41.5 Å². The number of phenols is 3. The van der Waals surface area contributed by atoms with E-state index >= 15 is 0 Å². The van der Waals surface area contributed by atoms with Crippen LogP contribution in [0.4, 0.5) is 0 Å². The highest BCUT2D eigenvalue weighted by molar-refractivity contribution is 5.97. The minimum Gasteiger partial charge on any atom is -0.504 e. The molecule has 0 bridgehead atoms. The van der Waals surface area contributed by atoms with Gasteiger partial charge in [-0.3, -0.25) is 4.79 Å². The quantitative estimate of drug-likeness (QED) is 0.389. The first-order valence-corrected chi connectivity index (χ1v) is 6.24. The SMILES string of the molecule is COc1ccccc1C(=O)N/N=C/c1cc(O)c(O)c(O)c1. The molecular weight excluding hydrogens is 288 g/mol.